The summed E-state index contributed by atoms with van der Waals surface area (Å²) < 4.78 is 0. The lowest BCUT2D eigenvalue weighted by Gasteiger charge is -2.41. The summed E-state index contributed by atoms with van der Waals surface area (Å²) in [6, 6.07) is 8.86. The van der Waals surface area contributed by atoms with Gasteiger partial charge in [0, 0.05) is 38.8 Å². The number of carbonyl (C=O) groups is 1. The Morgan fingerprint density at radius 3 is 2.36 bits per heavy atom. The lowest BCUT2D eigenvalue weighted by Crippen LogP contribution is -2.54. The van der Waals surface area contributed by atoms with Crippen LogP contribution in [0.5, 0.6) is 0 Å². The van der Waals surface area contributed by atoms with Gasteiger partial charge in [0.15, 0.2) is 0 Å². The summed E-state index contributed by atoms with van der Waals surface area (Å²) in [5.41, 5.74) is 2.45. The molecular weight excluding hydrogens is 310 g/mol. The van der Waals surface area contributed by atoms with Crippen LogP contribution >= 0.6 is 0 Å². The third-order valence-electron chi connectivity index (χ3n) is 5.12. The first-order valence-electron chi connectivity index (χ1n) is 9.96. The van der Waals surface area contributed by atoms with E-state index in [1.165, 1.54) is 5.56 Å². The van der Waals surface area contributed by atoms with Crippen molar-refractivity contribution in [2.75, 3.05) is 32.7 Å². The molecular formula is C21H35N3O. The lowest BCUT2D eigenvalue weighted by atomic mass is 9.98. The number of nitrogens with one attached hydrogen (secondary N) is 1. The van der Waals surface area contributed by atoms with Crippen LogP contribution < -0.4 is 5.32 Å². The molecule has 1 amide bonds. The third kappa shape index (κ3) is 5.05. The standard InChI is InChI=1S/C21H35N3O/c1-5-13-23(14-6-2)21(25)20(24-15-12-22-16-17(24)4)19-10-8-18(7-3)9-11-19/h8-11,17,20,22H,5-7,12-16H2,1-4H3. The number of benzene rings is 1. The average Bonchev–Trinajstić information content (AvgIpc) is 2.64. The van der Waals surface area contributed by atoms with Gasteiger partial charge in [0.25, 0.3) is 0 Å². The Bertz CT molecular complexity index is 522. The molecule has 4 nitrogen and oxygen atoms in total. The summed E-state index contributed by atoms with van der Waals surface area (Å²) in [6.07, 6.45) is 3.04. The molecule has 0 saturated carbocycles. The summed E-state index contributed by atoms with van der Waals surface area (Å²) in [5, 5.41) is 3.44. The predicted molar refractivity (Wildman–Crippen MR) is 105 cm³/mol. The first-order chi connectivity index (χ1) is 12.1. The first-order valence-corrected chi connectivity index (χ1v) is 9.96. The third-order valence-corrected chi connectivity index (χ3v) is 5.12. The van der Waals surface area contributed by atoms with Gasteiger partial charge in [-0.1, -0.05) is 45.0 Å². The van der Waals surface area contributed by atoms with E-state index < -0.39 is 0 Å². The van der Waals surface area contributed by atoms with Crippen molar-refractivity contribution in [3.05, 3.63) is 35.4 Å². The quantitative estimate of drug-likeness (QED) is 0.786. The van der Waals surface area contributed by atoms with Crippen molar-refractivity contribution in [1.82, 2.24) is 15.1 Å². The maximum Gasteiger partial charge on any atom is 0.244 e. The second-order valence-electron chi connectivity index (χ2n) is 7.11. The molecule has 1 heterocycles. The Balaban J connectivity index is 2.34. The molecule has 4 heteroatoms. The molecule has 0 aliphatic carbocycles. The second kappa shape index (κ2) is 9.93. The molecule has 1 aliphatic rings. The summed E-state index contributed by atoms with van der Waals surface area (Å²) in [7, 11) is 0. The van der Waals surface area contributed by atoms with Crippen molar-refractivity contribution in [3.63, 3.8) is 0 Å². The SMILES string of the molecule is CCCN(CCC)C(=O)C(c1ccc(CC)cc1)N1CCNCC1C. The fraction of sp³-hybridized carbons (Fsp3) is 0.667. The van der Waals surface area contributed by atoms with Crippen LogP contribution in [0.3, 0.4) is 0 Å². The molecule has 25 heavy (non-hydrogen) atoms. The molecule has 0 aromatic heterocycles. The van der Waals surface area contributed by atoms with Crippen LogP contribution in [0.2, 0.25) is 0 Å². The Morgan fingerprint density at radius 2 is 1.84 bits per heavy atom. The van der Waals surface area contributed by atoms with Crippen LogP contribution in [-0.4, -0.2) is 54.5 Å². The number of rotatable bonds is 8. The van der Waals surface area contributed by atoms with Crippen molar-refractivity contribution in [3.8, 4) is 0 Å². The molecule has 0 spiro atoms. The van der Waals surface area contributed by atoms with Gasteiger partial charge < -0.3 is 10.2 Å². The molecule has 1 aliphatic heterocycles. The van der Waals surface area contributed by atoms with E-state index in [1.807, 2.05) is 0 Å². The lowest BCUT2D eigenvalue weighted by molar-refractivity contribution is -0.138. The maximum atomic E-state index is 13.5. The zero-order valence-electron chi connectivity index (χ0n) is 16.4. The highest BCUT2D eigenvalue weighted by molar-refractivity contribution is 5.83. The van der Waals surface area contributed by atoms with E-state index in [2.05, 4.69) is 67.1 Å². The largest absolute Gasteiger partial charge is 0.341 e. The van der Waals surface area contributed by atoms with E-state index in [0.29, 0.717) is 6.04 Å². The molecule has 1 N–H and O–H groups in total. The van der Waals surface area contributed by atoms with E-state index in [4.69, 9.17) is 0 Å². The van der Waals surface area contributed by atoms with Gasteiger partial charge in [0.1, 0.15) is 6.04 Å². The zero-order valence-corrected chi connectivity index (χ0v) is 16.4. The molecule has 2 unspecified atom stereocenters. The Hall–Kier alpha value is -1.39. The summed E-state index contributed by atoms with van der Waals surface area (Å²) in [6.45, 7) is 13.2. The molecule has 2 rings (SSSR count). The fourth-order valence-electron chi connectivity index (χ4n) is 3.70. The monoisotopic (exact) mass is 345 g/mol. The smallest absolute Gasteiger partial charge is 0.244 e. The van der Waals surface area contributed by atoms with Gasteiger partial charge in [-0.25, -0.2) is 0 Å². The minimum atomic E-state index is -0.166. The van der Waals surface area contributed by atoms with Crippen LogP contribution in [0, 0.1) is 0 Å². The maximum absolute atomic E-state index is 13.5. The van der Waals surface area contributed by atoms with E-state index >= 15 is 0 Å². The molecule has 1 fully saturated rings. The molecule has 1 saturated heterocycles. The second-order valence-corrected chi connectivity index (χ2v) is 7.11. The van der Waals surface area contributed by atoms with Gasteiger partial charge in [0.05, 0.1) is 0 Å². The summed E-state index contributed by atoms with van der Waals surface area (Å²) in [4.78, 5) is 17.9. The van der Waals surface area contributed by atoms with Gasteiger partial charge in [-0.3, -0.25) is 9.69 Å². The highest BCUT2D eigenvalue weighted by Crippen LogP contribution is 2.27. The van der Waals surface area contributed by atoms with Crippen molar-refractivity contribution in [2.45, 2.75) is 59.0 Å². The minimum Gasteiger partial charge on any atom is -0.341 e. The number of nitrogens with zero attached hydrogens (tertiary/aromatic N) is 2. The predicted octanol–water partition coefficient (Wildman–Crippen LogP) is 3.23. The van der Waals surface area contributed by atoms with E-state index in [1.54, 1.807) is 0 Å². The molecule has 140 valence electrons. The van der Waals surface area contributed by atoms with Crippen molar-refractivity contribution < 1.29 is 4.79 Å². The minimum absolute atomic E-state index is 0.166. The van der Waals surface area contributed by atoms with Crippen molar-refractivity contribution >= 4 is 5.91 Å². The van der Waals surface area contributed by atoms with Gasteiger partial charge in [-0.05, 0) is 37.3 Å². The molecule has 1 aromatic carbocycles. The van der Waals surface area contributed by atoms with Crippen LogP contribution in [0.4, 0.5) is 0 Å². The number of aryl methyl sites for hydroxylation is 1. The Morgan fingerprint density at radius 1 is 1.20 bits per heavy atom. The highest BCUT2D eigenvalue weighted by atomic mass is 16.2. The van der Waals surface area contributed by atoms with Gasteiger partial charge in [-0.15, -0.1) is 0 Å². The molecule has 0 radical (unpaired) electrons. The number of hydrogen-bond acceptors (Lipinski definition) is 3. The molecule has 0 bridgehead atoms. The Labute approximate surface area is 153 Å². The Kier molecular flexibility index (Phi) is 7.91. The number of piperazine rings is 1. The van der Waals surface area contributed by atoms with Gasteiger partial charge in [0.2, 0.25) is 5.91 Å². The average molecular weight is 346 g/mol. The number of carbonyl (C=O) groups excluding carboxylic acids is 1. The van der Waals surface area contributed by atoms with E-state index in [0.717, 1.165) is 57.5 Å². The van der Waals surface area contributed by atoms with Gasteiger partial charge in [-0.2, -0.15) is 0 Å². The van der Waals surface area contributed by atoms with Crippen LogP contribution in [0.15, 0.2) is 24.3 Å². The summed E-state index contributed by atoms with van der Waals surface area (Å²) >= 11 is 0. The molecule has 2 atom stereocenters. The van der Waals surface area contributed by atoms with Crippen LogP contribution in [0.1, 0.15) is 57.7 Å². The fourth-order valence-corrected chi connectivity index (χ4v) is 3.70. The van der Waals surface area contributed by atoms with Crippen molar-refractivity contribution in [2.24, 2.45) is 0 Å². The summed E-state index contributed by atoms with van der Waals surface area (Å²) in [5.74, 6) is 0.265. The van der Waals surface area contributed by atoms with E-state index in [9.17, 15) is 4.79 Å². The number of hydrogen-bond donors (Lipinski definition) is 1. The van der Waals surface area contributed by atoms with Gasteiger partial charge >= 0.3 is 0 Å². The first kappa shape index (κ1) is 19.9. The van der Waals surface area contributed by atoms with Crippen molar-refractivity contribution in [1.29, 1.82) is 0 Å². The zero-order chi connectivity index (χ0) is 18.2. The number of amides is 1. The topological polar surface area (TPSA) is 35.6 Å². The van der Waals surface area contributed by atoms with Crippen LogP contribution in [0.25, 0.3) is 0 Å². The van der Waals surface area contributed by atoms with Crippen LogP contribution in [-0.2, 0) is 11.2 Å². The highest BCUT2D eigenvalue weighted by Gasteiger charge is 2.34. The van der Waals surface area contributed by atoms with E-state index in [-0.39, 0.29) is 11.9 Å². The normalized spacial score (nSPS) is 19.6. The molecule has 1 aromatic rings.